The van der Waals surface area contributed by atoms with E-state index >= 15 is 0 Å². The molecule has 0 saturated heterocycles. The lowest BCUT2D eigenvalue weighted by Gasteiger charge is -2.16. The molecule has 0 heterocycles. The third-order valence-electron chi connectivity index (χ3n) is 3.93. The van der Waals surface area contributed by atoms with Gasteiger partial charge in [0.1, 0.15) is 0 Å². The van der Waals surface area contributed by atoms with Crippen LogP contribution in [0.3, 0.4) is 0 Å². The monoisotopic (exact) mass is 439 g/mol. The Morgan fingerprint density at radius 2 is 1.62 bits per heavy atom. The molecule has 0 aromatic heterocycles. The normalized spacial score (nSPS) is 12.8. The van der Waals surface area contributed by atoms with Crippen molar-refractivity contribution < 1.29 is 21.6 Å². The number of hydrogen-bond acceptors (Lipinski definition) is 5. The summed E-state index contributed by atoms with van der Waals surface area (Å²) in [5.74, 6) is -0.350. The highest BCUT2D eigenvalue weighted by atomic mass is 32.2. The predicted molar refractivity (Wildman–Crippen MR) is 115 cm³/mol. The van der Waals surface area contributed by atoms with E-state index in [2.05, 4.69) is 14.8 Å². The molecule has 2 aromatic rings. The van der Waals surface area contributed by atoms with Gasteiger partial charge >= 0.3 is 0 Å². The fourth-order valence-corrected chi connectivity index (χ4v) is 4.33. The molecule has 0 unspecified atom stereocenters. The lowest BCUT2D eigenvalue weighted by Crippen LogP contribution is -2.26. The van der Waals surface area contributed by atoms with Crippen LogP contribution in [-0.2, 0) is 20.0 Å². The minimum absolute atomic E-state index is 0.00461. The first-order chi connectivity index (χ1) is 13.5. The Hall–Kier alpha value is -2.59. The molecule has 1 atom stereocenters. The summed E-state index contributed by atoms with van der Waals surface area (Å²) in [4.78, 5) is 12.5. The highest BCUT2D eigenvalue weighted by Crippen LogP contribution is 2.18. The molecule has 1 amide bonds. The largest absolute Gasteiger partial charge is 0.346 e. The van der Waals surface area contributed by atoms with Gasteiger partial charge in [0.25, 0.3) is 5.91 Å². The smallest absolute Gasteiger partial charge is 0.251 e. The molecule has 0 spiro atoms. The van der Waals surface area contributed by atoms with Gasteiger partial charge in [-0.05, 0) is 49.2 Å². The zero-order valence-electron chi connectivity index (χ0n) is 16.5. The first-order valence-electron chi connectivity index (χ1n) is 8.98. The third-order valence-corrected chi connectivity index (χ3v) is 6.03. The summed E-state index contributed by atoms with van der Waals surface area (Å²) < 4.78 is 51.2. The van der Waals surface area contributed by atoms with E-state index in [1.54, 1.807) is 56.3 Å². The molecule has 2 aromatic carbocycles. The van der Waals surface area contributed by atoms with Crippen LogP contribution in [0.25, 0.3) is 0 Å². The second-order valence-electron chi connectivity index (χ2n) is 6.69. The highest BCUT2D eigenvalue weighted by molar-refractivity contribution is 7.92. The fourth-order valence-electron chi connectivity index (χ4n) is 2.64. The second kappa shape index (κ2) is 9.27. The number of hydrogen-bond donors (Lipinski definition) is 3. The van der Waals surface area contributed by atoms with Crippen LogP contribution in [-0.4, -0.2) is 34.8 Å². The van der Waals surface area contributed by atoms with Gasteiger partial charge in [-0.2, -0.15) is 0 Å². The zero-order chi connectivity index (χ0) is 21.7. The van der Waals surface area contributed by atoms with Gasteiger partial charge in [-0.3, -0.25) is 14.2 Å². The average Bonchev–Trinajstić information content (AvgIpc) is 2.60. The number of amides is 1. The maximum Gasteiger partial charge on any atom is 0.251 e. The Morgan fingerprint density at radius 3 is 2.21 bits per heavy atom. The Morgan fingerprint density at radius 1 is 0.966 bits per heavy atom. The molecule has 0 radical (unpaired) electrons. The molecular weight excluding hydrogens is 414 g/mol. The van der Waals surface area contributed by atoms with Crippen LogP contribution >= 0.6 is 0 Å². The number of carbonyl (C=O) groups is 1. The van der Waals surface area contributed by atoms with Crippen molar-refractivity contribution in [3.8, 4) is 0 Å². The number of carbonyl (C=O) groups excluding carboxylic acids is 1. The van der Waals surface area contributed by atoms with E-state index < -0.39 is 20.0 Å². The lowest BCUT2D eigenvalue weighted by molar-refractivity contribution is 0.0940. The van der Waals surface area contributed by atoms with E-state index in [1.807, 2.05) is 0 Å². The van der Waals surface area contributed by atoms with Crippen molar-refractivity contribution in [1.82, 2.24) is 5.32 Å². The van der Waals surface area contributed by atoms with Gasteiger partial charge in [-0.15, -0.1) is 0 Å². The van der Waals surface area contributed by atoms with Crippen molar-refractivity contribution in [1.29, 1.82) is 0 Å². The maximum absolute atomic E-state index is 12.5. The van der Waals surface area contributed by atoms with E-state index in [9.17, 15) is 21.6 Å². The van der Waals surface area contributed by atoms with Crippen LogP contribution in [0.15, 0.2) is 48.5 Å². The summed E-state index contributed by atoms with van der Waals surface area (Å²) in [6.07, 6.45) is 1.56. The molecule has 0 bridgehead atoms. The molecule has 158 valence electrons. The van der Waals surface area contributed by atoms with Gasteiger partial charge in [0.2, 0.25) is 20.0 Å². The SMILES string of the molecule is CCCS(=O)(=O)Nc1cccc(C(=O)N[C@H](C)c2ccc(NS(C)(=O)=O)cc2)c1. The number of benzene rings is 2. The summed E-state index contributed by atoms with van der Waals surface area (Å²) in [7, 11) is -6.80. The Bertz CT molecular complexity index is 1070. The predicted octanol–water partition coefficient (Wildman–Crippen LogP) is 2.70. The molecule has 29 heavy (non-hydrogen) atoms. The molecule has 3 N–H and O–H groups in total. The van der Waals surface area contributed by atoms with Gasteiger partial charge in [-0.1, -0.05) is 25.1 Å². The lowest BCUT2D eigenvalue weighted by atomic mass is 10.1. The molecule has 0 aliphatic rings. The van der Waals surface area contributed by atoms with E-state index in [0.29, 0.717) is 23.4 Å². The summed E-state index contributed by atoms with van der Waals surface area (Å²) in [5.41, 5.74) is 1.87. The molecular formula is C19H25N3O5S2. The van der Waals surface area contributed by atoms with Crippen molar-refractivity contribution in [2.45, 2.75) is 26.3 Å². The average molecular weight is 440 g/mol. The molecule has 0 aliphatic carbocycles. The van der Waals surface area contributed by atoms with Crippen molar-refractivity contribution in [2.24, 2.45) is 0 Å². The van der Waals surface area contributed by atoms with Crippen LogP contribution in [0, 0.1) is 0 Å². The second-order valence-corrected chi connectivity index (χ2v) is 10.3. The van der Waals surface area contributed by atoms with Gasteiger partial charge in [0.15, 0.2) is 0 Å². The molecule has 0 fully saturated rings. The quantitative estimate of drug-likeness (QED) is 0.555. The van der Waals surface area contributed by atoms with Crippen molar-refractivity contribution >= 4 is 37.3 Å². The van der Waals surface area contributed by atoms with Crippen LogP contribution in [0.4, 0.5) is 11.4 Å². The van der Waals surface area contributed by atoms with Crippen LogP contribution in [0.1, 0.15) is 42.2 Å². The Balaban J connectivity index is 2.07. The summed E-state index contributed by atoms with van der Waals surface area (Å²) in [6.45, 7) is 3.57. The Kier molecular flexibility index (Phi) is 7.26. The molecule has 0 saturated carbocycles. The first kappa shape index (κ1) is 22.7. The first-order valence-corrected chi connectivity index (χ1v) is 12.5. The van der Waals surface area contributed by atoms with Crippen LogP contribution < -0.4 is 14.8 Å². The van der Waals surface area contributed by atoms with Gasteiger partial charge in [0, 0.05) is 16.9 Å². The number of sulfonamides is 2. The summed E-state index contributed by atoms with van der Waals surface area (Å²) >= 11 is 0. The Labute approximate surface area is 171 Å². The van der Waals surface area contributed by atoms with Crippen molar-refractivity contribution in [3.63, 3.8) is 0 Å². The zero-order valence-corrected chi connectivity index (χ0v) is 18.1. The highest BCUT2D eigenvalue weighted by Gasteiger charge is 2.14. The summed E-state index contributed by atoms with van der Waals surface area (Å²) in [6, 6.07) is 12.6. The van der Waals surface area contributed by atoms with Gasteiger partial charge in [0.05, 0.1) is 18.1 Å². The topological polar surface area (TPSA) is 121 Å². The van der Waals surface area contributed by atoms with Crippen LogP contribution in [0.5, 0.6) is 0 Å². The van der Waals surface area contributed by atoms with E-state index in [0.717, 1.165) is 11.8 Å². The fraction of sp³-hybridized carbons (Fsp3) is 0.316. The van der Waals surface area contributed by atoms with E-state index in [-0.39, 0.29) is 17.7 Å². The van der Waals surface area contributed by atoms with Gasteiger partial charge in [-0.25, -0.2) is 16.8 Å². The van der Waals surface area contributed by atoms with Crippen molar-refractivity contribution in [2.75, 3.05) is 21.5 Å². The van der Waals surface area contributed by atoms with E-state index in [1.165, 1.54) is 6.07 Å². The van der Waals surface area contributed by atoms with Crippen LogP contribution in [0.2, 0.25) is 0 Å². The maximum atomic E-state index is 12.5. The number of anilines is 2. The standard InChI is InChI=1S/C19H25N3O5S2/c1-4-12-29(26,27)22-18-7-5-6-16(13-18)19(23)20-14(2)15-8-10-17(11-9-15)21-28(3,24)25/h5-11,13-14,21-22H,4,12H2,1-3H3,(H,20,23)/t14-/m1/s1. The molecule has 2 rings (SSSR count). The van der Waals surface area contributed by atoms with Gasteiger partial charge < -0.3 is 5.32 Å². The molecule has 10 heteroatoms. The minimum Gasteiger partial charge on any atom is -0.346 e. The van der Waals surface area contributed by atoms with Crippen molar-refractivity contribution in [3.05, 3.63) is 59.7 Å². The molecule has 8 nitrogen and oxygen atoms in total. The number of nitrogens with one attached hydrogen (secondary N) is 3. The summed E-state index contributed by atoms with van der Waals surface area (Å²) in [5, 5.41) is 2.84. The molecule has 0 aliphatic heterocycles. The minimum atomic E-state index is -3.44. The third kappa shape index (κ3) is 7.39. The van der Waals surface area contributed by atoms with E-state index in [4.69, 9.17) is 0 Å². The number of rotatable bonds is 9.